The van der Waals surface area contributed by atoms with Gasteiger partial charge in [0.2, 0.25) is 5.88 Å². The summed E-state index contributed by atoms with van der Waals surface area (Å²) in [5.74, 6) is -1.88. The van der Waals surface area contributed by atoms with E-state index in [1.807, 2.05) is 4.90 Å². The molecule has 166 valence electrons. The minimum absolute atomic E-state index is 0.0971. The third kappa shape index (κ3) is 4.35. The largest absolute Gasteiger partial charge is 0.479 e. The number of aliphatic carboxylic acids is 1. The molecule has 30 heavy (non-hydrogen) atoms. The number of rotatable bonds is 10. The van der Waals surface area contributed by atoms with E-state index in [9.17, 15) is 14.7 Å². The quantitative estimate of drug-likeness (QED) is 0.594. The van der Waals surface area contributed by atoms with Gasteiger partial charge in [-0.05, 0) is 51.1 Å². The molecule has 0 spiro atoms. The van der Waals surface area contributed by atoms with Crippen molar-refractivity contribution in [1.29, 1.82) is 0 Å². The number of halogens is 1. The Balaban J connectivity index is 1.87. The van der Waals surface area contributed by atoms with E-state index in [4.69, 9.17) is 12.2 Å². The van der Waals surface area contributed by atoms with E-state index in [1.54, 1.807) is 13.2 Å². The molecule has 8 nitrogen and oxygen atoms in total. The number of carbonyl (C=O) groups is 2. The molecular weight excluding hydrogens is 393 g/mol. The number of nitrogens with zero attached hydrogens (tertiary/aromatic N) is 2. The summed E-state index contributed by atoms with van der Waals surface area (Å²) in [4.78, 5) is 31.2. The van der Waals surface area contributed by atoms with Crippen LogP contribution >= 0.6 is 0 Å². The van der Waals surface area contributed by atoms with Crippen molar-refractivity contribution in [2.75, 3.05) is 31.7 Å². The number of amides is 1. The predicted molar refractivity (Wildman–Crippen MR) is 109 cm³/mol. The van der Waals surface area contributed by atoms with E-state index >= 15 is 4.39 Å². The summed E-state index contributed by atoms with van der Waals surface area (Å²) in [6, 6.07) is 3.09. The van der Waals surface area contributed by atoms with Gasteiger partial charge >= 0.3 is 5.97 Å². The second-order valence-corrected chi connectivity index (χ2v) is 8.13. The molecule has 2 aliphatic rings. The monoisotopic (exact) mass is 425 g/mol. The van der Waals surface area contributed by atoms with Gasteiger partial charge in [-0.25, -0.2) is 14.2 Å². The lowest BCUT2D eigenvalue weighted by Gasteiger charge is -2.40. The highest BCUT2D eigenvalue weighted by Gasteiger charge is 2.52. The summed E-state index contributed by atoms with van der Waals surface area (Å²) in [7, 11) is 1.64. The fourth-order valence-electron chi connectivity index (χ4n) is 3.40. The Labute approximate surface area is 178 Å². The Morgan fingerprint density at radius 1 is 1.43 bits per heavy atom. The van der Waals surface area contributed by atoms with Gasteiger partial charge in [0.1, 0.15) is 17.1 Å². The van der Waals surface area contributed by atoms with Crippen LogP contribution in [-0.2, 0) is 9.53 Å². The van der Waals surface area contributed by atoms with Crippen molar-refractivity contribution in [3.05, 3.63) is 17.8 Å². The number of methoxy groups -OCH3 is 1. The van der Waals surface area contributed by atoms with Crippen molar-refractivity contribution in [3.8, 4) is 5.88 Å². The van der Waals surface area contributed by atoms with Crippen molar-refractivity contribution in [2.24, 2.45) is 5.92 Å². The molecule has 1 aliphatic heterocycles. The fourth-order valence-corrected chi connectivity index (χ4v) is 3.40. The summed E-state index contributed by atoms with van der Waals surface area (Å²) in [5, 5.41) is 11.9. The molecular formula is C21H30FN3O5. The second kappa shape index (κ2) is 8.37. The number of carboxylic acids is 1. The summed E-state index contributed by atoms with van der Waals surface area (Å²) in [5.41, 5.74) is -4.74. The molecule has 0 aromatic carbocycles. The maximum atomic E-state index is 15.2. The third-order valence-electron chi connectivity index (χ3n) is 5.80. The SMILES string of the molecule is [2H]C([2H])C(C)(F)C(CC)(NC(=O)c1ccc(N2CC(OC)C2)c(OCC2CC2)n1)C(=O)O. The van der Waals surface area contributed by atoms with Crippen LogP contribution in [0, 0.1) is 5.92 Å². The molecule has 1 saturated heterocycles. The molecule has 3 rings (SSSR count). The Bertz CT molecular complexity index is 862. The minimum atomic E-state index is -2.85. The van der Waals surface area contributed by atoms with Crippen LogP contribution in [0.3, 0.4) is 0 Å². The normalized spacial score (nSPS) is 21.7. The lowest BCUT2D eigenvalue weighted by molar-refractivity contribution is -0.151. The number of ether oxygens (including phenoxy) is 2. The predicted octanol–water partition coefficient (Wildman–Crippen LogP) is 2.42. The van der Waals surface area contributed by atoms with Gasteiger partial charge in [0.25, 0.3) is 5.91 Å². The van der Waals surface area contributed by atoms with Gasteiger partial charge in [0.05, 0.1) is 12.7 Å². The van der Waals surface area contributed by atoms with E-state index in [0.29, 0.717) is 31.3 Å². The van der Waals surface area contributed by atoms with Gasteiger partial charge in [-0.2, -0.15) is 0 Å². The number of hydrogen-bond donors (Lipinski definition) is 2. The number of aromatic nitrogens is 1. The Hall–Kier alpha value is -2.42. The fraction of sp³-hybridized carbons (Fsp3) is 0.667. The first kappa shape index (κ1) is 19.5. The average molecular weight is 425 g/mol. The van der Waals surface area contributed by atoms with Crippen molar-refractivity contribution < 1.29 is 31.3 Å². The molecule has 0 bridgehead atoms. The van der Waals surface area contributed by atoms with Gasteiger partial charge < -0.3 is 24.8 Å². The first-order valence-electron chi connectivity index (χ1n) is 11.2. The standard InChI is InChI=1S/C21H30FN3O5/c1-5-21(19(27)28,20(2,3)22)24-17(26)15-8-9-16(25-10-14(11-25)29-4)18(23-15)30-12-13-6-7-13/h8-9,13-14H,5-7,10-12H2,1-4H3,(H,24,26)(H,27,28)/i2D2. The molecule has 2 heterocycles. The topological polar surface area (TPSA) is 101 Å². The summed E-state index contributed by atoms with van der Waals surface area (Å²) >= 11 is 0. The lowest BCUT2D eigenvalue weighted by Crippen LogP contribution is -2.64. The van der Waals surface area contributed by atoms with Crippen LogP contribution in [-0.4, -0.2) is 66.1 Å². The van der Waals surface area contributed by atoms with Crippen LogP contribution in [0.15, 0.2) is 12.1 Å². The molecule has 1 amide bonds. The Kier molecular flexibility index (Phi) is 5.45. The summed E-state index contributed by atoms with van der Waals surface area (Å²) in [6.07, 6.45) is 1.88. The van der Waals surface area contributed by atoms with Crippen LogP contribution in [0.2, 0.25) is 0 Å². The van der Waals surface area contributed by atoms with Gasteiger partial charge in [-0.1, -0.05) is 6.92 Å². The number of pyridine rings is 1. The molecule has 1 aromatic rings. The van der Waals surface area contributed by atoms with Gasteiger partial charge in [0.15, 0.2) is 5.54 Å². The zero-order chi connectivity index (χ0) is 23.7. The molecule has 0 radical (unpaired) electrons. The lowest BCUT2D eigenvalue weighted by atomic mass is 9.81. The molecule has 1 aromatic heterocycles. The zero-order valence-corrected chi connectivity index (χ0v) is 17.5. The summed E-state index contributed by atoms with van der Waals surface area (Å²) < 4.78 is 41.3. The van der Waals surface area contributed by atoms with E-state index in [1.165, 1.54) is 13.0 Å². The van der Waals surface area contributed by atoms with E-state index in [2.05, 4.69) is 10.3 Å². The molecule has 2 atom stereocenters. The average Bonchev–Trinajstić information content (AvgIpc) is 3.54. The van der Waals surface area contributed by atoms with E-state index < -0.39 is 30.0 Å². The Morgan fingerprint density at radius 2 is 2.13 bits per heavy atom. The van der Waals surface area contributed by atoms with E-state index in [-0.39, 0.29) is 24.1 Å². The van der Waals surface area contributed by atoms with Crippen molar-refractivity contribution in [1.82, 2.24) is 10.3 Å². The highest BCUT2D eigenvalue weighted by Crippen LogP contribution is 2.35. The minimum Gasteiger partial charge on any atom is -0.479 e. The highest BCUT2D eigenvalue weighted by molar-refractivity contribution is 5.97. The van der Waals surface area contributed by atoms with Crippen molar-refractivity contribution >= 4 is 17.6 Å². The number of hydrogen-bond acceptors (Lipinski definition) is 6. The Morgan fingerprint density at radius 3 is 2.67 bits per heavy atom. The second-order valence-electron chi connectivity index (χ2n) is 8.13. The number of anilines is 1. The molecule has 1 saturated carbocycles. The van der Waals surface area contributed by atoms with Crippen molar-refractivity contribution in [2.45, 2.75) is 57.3 Å². The van der Waals surface area contributed by atoms with Crippen LogP contribution in [0.5, 0.6) is 5.88 Å². The number of carbonyl (C=O) groups excluding carboxylic acids is 1. The molecule has 9 heteroatoms. The summed E-state index contributed by atoms with van der Waals surface area (Å²) in [6.45, 7) is 1.85. The first-order valence-corrected chi connectivity index (χ1v) is 10.1. The first-order chi connectivity index (χ1) is 15.1. The zero-order valence-electron chi connectivity index (χ0n) is 19.5. The van der Waals surface area contributed by atoms with E-state index in [0.717, 1.165) is 19.8 Å². The van der Waals surface area contributed by atoms with Gasteiger partial charge in [-0.15, -0.1) is 0 Å². The van der Waals surface area contributed by atoms with Crippen LogP contribution in [0.4, 0.5) is 10.1 Å². The molecule has 2 unspecified atom stereocenters. The van der Waals surface area contributed by atoms with Crippen LogP contribution < -0.4 is 15.0 Å². The van der Waals surface area contributed by atoms with Crippen LogP contribution in [0.1, 0.15) is 53.2 Å². The highest BCUT2D eigenvalue weighted by atomic mass is 19.1. The number of alkyl halides is 1. The molecule has 1 aliphatic carbocycles. The maximum absolute atomic E-state index is 15.2. The third-order valence-corrected chi connectivity index (χ3v) is 5.80. The van der Waals surface area contributed by atoms with Crippen LogP contribution in [0.25, 0.3) is 0 Å². The number of nitrogens with one attached hydrogen (secondary N) is 1. The molecule has 2 fully saturated rings. The van der Waals surface area contributed by atoms with Gasteiger partial charge in [0, 0.05) is 22.9 Å². The van der Waals surface area contributed by atoms with Gasteiger partial charge in [-0.3, -0.25) is 4.79 Å². The van der Waals surface area contributed by atoms with Crippen molar-refractivity contribution in [3.63, 3.8) is 0 Å². The smallest absolute Gasteiger partial charge is 0.332 e. The maximum Gasteiger partial charge on any atom is 0.332 e. The molecule has 2 N–H and O–H groups in total. The number of carboxylic acid groups (broad SMARTS) is 1.